The van der Waals surface area contributed by atoms with Gasteiger partial charge in [0, 0.05) is 16.5 Å². The van der Waals surface area contributed by atoms with Crippen molar-refractivity contribution in [3.63, 3.8) is 0 Å². The topological polar surface area (TPSA) is 107 Å². The van der Waals surface area contributed by atoms with Crippen LogP contribution in [-0.2, 0) is 16.2 Å². The first kappa shape index (κ1) is 21.8. The third-order valence-electron chi connectivity index (χ3n) is 5.24. The Morgan fingerprint density at radius 3 is 2.81 bits per heavy atom. The van der Waals surface area contributed by atoms with Crippen LogP contribution < -0.4 is 5.32 Å². The summed E-state index contributed by atoms with van der Waals surface area (Å²) in [4.78, 5) is 22.4. The number of carbonyl (C=O) groups excluding carboxylic acids is 1. The Hall–Kier alpha value is -3.40. The standard InChI is InChI=1S/C22H25N7O2S/c1-15(12-17-8-6-7-9-17)21(30)24-22-23-19(14-32-22)13-31-26-20(18-10-4-3-5-11-18)29-16(2)25-27-28-29/h3-5,10-12,14,17H,6-9,13H2,1-2H3,(H,23,24,30)/b15-12+,26-20+. The maximum absolute atomic E-state index is 12.4. The highest BCUT2D eigenvalue weighted by atomic mass is 32.1. The minimum atomic E-state index is -0.114. The number of anilines is 1. The lowest BCUT2D eigenvalue weighted by Crippen LogP contribution is -2.17. The summed E-state index contributed by atoms with van der Waals surface area (Å²) in [5.41, 5.74) is 2.23. The normalized spacial score (nSPS) is 15.2. The van der Waals surface area contributed by atoms with Gasteiger partial charge in [0.05, 0.1) is 5.69 Å². The summed E-state index contributed by atoms with van der Waals surface area (Å²) in [6.45, 7) is 3.80. The van der Waals surface area contributed by atoms with Gasteiger partial charge in [-0.2, -0.15) is 4.68 Å². The van der Waals surface area contributed by atoms with Crippen LogP contribution in [-0.4, -0.2) is 36.9 Å². The number of nitrogens with one attached hydrogen (secondary N) is 1. The second-order valence-corrected chi connectivity index (χ2v) is 8.54. The molecule has 9 nitrogen and oxygen atoms in total. The van der Waals surface area contributed by atoms with E-state index in [1.165, 1.54) is 41.7 Å². The van der Waals surface area contributed by atoms with Crippen LogP contribution in [0.5, 0.6) is 0 Å². The van der Waals surface area contributed by atoms with Gasteiger partial charge in [-0.1, -0.05) is 54.4 Å². The van der Waals surface area contributed by atoms with Crippen molar-refractivity contribution >= 4 is 28.2 Å². The predicted octanol–water partition coefficient (Wildman–Crippen LogP) is 3.94. The molecule has 1 aliphatic carbocycles. The van der Waals surface area contributed by atoms with Gasteiger partial charge in [-0.05, 0) is 43.0 Å². The quantitative estimate of drug-likeness (QED) is 0.252. The number of aromatic nitrogens is 5. The van der Waals surface area contributed by atoms with Gasteiger partial charge in [0.25, 0.3) is 5.91 Å². The summed E-state index contributed by atoms with van der Waals surface area (Å²) in [5, 5.41) is 21.1. The van der Waals surface area contributed by atoms with Gasteiger partial charge in [-0.15, -0.1) is 16.4 Å². The van der Waals surface area contributed by atoms with Gasteiger partial charge in [0.1, 0.15) is 0 Å². The molecule has 2 aromatic heterocycles. The van der Waals surface area contributed by atoms with Crippen molar-refractivity contribution in [2.75, 3.05) is 5.32 Å². The summed E-state index contributed by atoms with van der Waals surface area (Å²) >= 11 is 1.36. The highest BCUT2D eigenvalue weighted by Crippen LogP contribution is 2.27. The Kier molecular flexibility index (Phi) is 7.00. The van der Waals surface area contributed by atoms with E-state index in [1.54, 1.807) is 6.92 Å². The maximum atomic E-state index is 12.4. The SMILES string of the molecule is C/C(=C\C1CCCC1)C(=O)Nc1nc(CO/N=C(\c2ccccc2)n2nnnc2C)cs1. The number of rotatable bonds is 7. The molecule has 10 heteroatoms. The van der Waals surface area contributed by atoms with Crippen molar-refractivity contribution < 1.29 is 9.63 Å². The molecule has 4 rings (SSSR count). The van der Waals surface area contributed by atoms with Gasteiger partial charge in [-0.25, -0.2) is 4.98 Å². The molecule has 1 amide bonds. The molecule has 0 spiro atoms. The van der Waals surface area contributed by atoms with Crippen molar-refractivity contribution in [3.8, 4) is 0 Å². The van der Waals surface area contributed by atoms with E-state index in [2.05, 4.69) is 37.1 Å². The van der Waals surface area contributed by atoms with Gasteiger partial charge >= 0.3 is 0 Å². The fourth-order valence-corrected chi connectivity index (χ4v) is 4.26. The molecule has 1 fully saturated rings. The fraction of sp³-hybridized carbons (Fsp3) is 0.364. The lowest BCUT2D eigenvalue weighted by Gasteiger charge is -2.07. The number of carbonyl (C=O) groups is 1. The zero-order chi connectivity index (χ0) is 22.3. The van der Waals surface area contributed by atoms with Gasteiger partial charge in [0.15, 0.2) is 17.6 Å². The molecule has 2 heterocycles. The van der Waals surface area contributed by atoms with E-state index in [0.717, 1.165) is 11.1 Å². The molecule has 3 aromatic rings. The summed E-state index contributed by atoms with van der Waals surface area (Å²) < 4.78 is 1.52. The molecule has 0 bridgehead atoms. The first-order valence-electron chi connectivity index (χ1n) is 10.5. The maximum Gasteiger partial charge on any atom is 0.252 e. The number of amides is 1. The number of hydrogen-bond donors (Lipinski definition) is 1. The Morgan fingerprint density at radius 1 is 1.31 bits per heavy atom. The second kappa shape index (κ2) is 10.3. The zero-order valence-electron chi connectivity index (χ0n) is 18.1. The number of nitrogens with zero attached hydrogens (tertiary/aromatic N) is 6. The molecular weight excluding hydrogens is 426 g/mol. The van der Waals surface area contributed by atoms with Crippen LogP contribution >= 0.6 is 11.3 Å². The molecule has 166 valence electrons. The number of oxime groups is 1. The Bertz CT molecular complexity index is 1110. The van der Waals surface area contributed by atoms with Crippen molar-refractivity contribution in [2.24, 2.45) is 11.1 Å². The van der Waals surface area contributed by atoms with Crippen LogP contribution in [0, 0.1) is 12.8 Å². The molecule has 32 heavy (non-hydrogen) atoms. The molecule has 0 aliphatic heterocycles. The van der Waals surface area contributed by atoms with Crippen LogP contribution in [0.4, 0.5) is 5.13 Å². The summed E-state index contributed by atoms with van der Waals surface area (Å²) in [7, 11) is 0. The smallest absolute Gasteiger partial charge is 0.252 e. The molecule has 0 saturated heterocycles. The average Bonchev–Trinajstić information content (AvgIpc) is 3.55. The summed E-state index contributed by atoms with van der Waals surface area (Å²) in [5.74, 6) is 1.47. The Labute approximate surface area is 190 Å². The highest BCUT2D eigenvalue weighted by molar-refractivity contribution is 7.13. The second-order valence-electron chi connectivity index (χ2n) is 7.68. The van der Waals surface area contributed by atoms with Crippen LogP contribution in [0.3, 0.4) is 0 Å². The van der Waals surface area contributed by atoms with Crippen molar-refractivity contribution in [2.45, 2.75) is 46.1 Å². The monoisotopic (exact) mass is 451 g/mol. The highest BCUT2D eigenvalue weighted by Gasteiger charge is 2.16. The van der Waals surface area contributed by atoms with Crippen LogP contribution in [0.2, 0.25) is 0 Å². The molecular formula is C22H25N7O2S. The minimum absolute atomic E-state index is 0.114. The Balaban J connectivity index is 1.39. The number of benzene rings is 1. The van der Waals surface area contributed by atoms with E-state index in [1.807, 2.05) is 42.6 Å². The first-order valence-corrected chi connectivity index (χ1v) is 11.4. The van der Waals surface area contributed by atoms with Gasteiger partial charge < -0.3 is 4.84 Å². The molecule has 0 atom stereocenters. The van der Waals surface area contributed by atoms with Crippen molar-refractivity contribution in [3.05, 3.63) is 64.4 Å². The summed E-state index contributed by atoms with van der Waals surface area (Å²) in [6, 6.07) is 9.54. The van der Waals surface area contributed by atoms with Crippen LogP contribution in [0.25, 0.3) is 0 Å². The van der Waals surface area contributed by atoms with E-state index in [0.29, 0.717) is 28.4 Å². The van der Waals surface area contributed by atoms with Crippen molar-refractivity contribution in [1.29, 1.82) is 0 Å². The van der Waals surface area contributed by atoms with Crippen molar-refractivity contribution in [1.82, 2.24) is 25.2 Å². The van der Waals surface area contributed by atoms with E-state index in [-0.39, 0.29) is 12.5 Å². The lowest BCUT2D eigenvalue weighted by atomic mass is 10.0. The molecule has 1 N–H and O–H groups in total. The van der Waals surface area contributed by atoms with E-state index in [4.69, 9.17) is 4.84 Å². The number of thiazole rings is 1. The third kappa shape index (κ3) is 5.44. The largest absolute Gasteiger partial charge is 0.387 e. The summed E-state index contributed by atoms with van der Waals surface area (Å²) in [6.07, 6.45) is 6.90. The van der Waals surface area contributed by atoms with Gasteiger partial charge in [0.2, 0.25) is 5.84 Å². The average molecular weight is 452 g/mol. The first-order chi connectivity index (χ1) is 15.6. The molecule has 1 saturated carbocycles. The predicted molar refractivity (Wildman–Crippen MR) is 122 cm³/mol. The van der Waals surface area contributed by atoms with Crippen LogP contribution in [0.1, 0.15) is 49.7 Å². The number of tetrazole rings is 1. The minimum Gasteiger partial charge on any atom is -0.387 e. The van der Waals surface area contributed by atoms with E-state index >= 15 is 0 Å². The van der Waals surface area contributed by atoms with E-state index < -0.39 is 0 Å². The van der Waals surface area contributed by atoms with E-state index in [9.17, 15) is 4.79 Å². The molecule has 1 aromatic carbocycles. The molecule has 1 aliphatic rings. The Morgan fingerprint density at radius 2 is 2.09 bits per heavy atom. The number of allylic oxidation sites excluding steroid dienone is 1. The number of aryl methyl sites for hydroxylation is 1. The zero-order valence-corrected chi connectivity index (χ0v) is 18.9. The lowest BCUT2D eigenvalue weighted by molar-refractivity contribution is -0.112. The molecule has 0 radical (unpaired) electrons. The fourth-order valence-electron chi connectivity index (χ4n) is 3.57. The van der Waals surface area contributed by atoms with Gasteiger partial charge in [-0.3, -0.25) is 10.1 Å². The third-order valence-corrected chi connectivity index (χ3v) is 6.04. The molecule has 0 unspecified atom stereocenters. The van der Waals surface area contributed by atoms with Crippen LogP contribution in [0.15, 0.2) is 52.5 Å². The number of hydrogen-bond acceptors (Lipinski definition) is 8.